The highest BCUT2D eigenvalue weighted by molar-refractivity contribution is 6.30. The summed E-state index contributed by atoms with van der Waals surface area (Å²) in [6.45, 7) is 3.29. The summed E-state index contributed by atoms with van der Waals surface area (Å²) in [4.78, 5) is 2.42. The first kappa shape index (κ1) is 15.8. The van der Waals surface area contributed by atoms with Crippen molar-refractivity contribution in [2.24, 2.45) is 5.92 Å². The minimum Gasteiger partial charge on any atom is -0.388 e. The molecule has 0 heterocycles. The molecule has 1 atom stereocenters. The second-order valence-electron chi connectivity index (χ2n) is 6.25. The molecule has 0 aliphatic heterocycles. The molecular formula is C17H26ClNO. The van der Waals surface area contributed by atoms with Gasteiger partial charge in [-0.15, -0.1) is 0 Å². The first-order valence-electron chi connectivity index (χ1n) is 7.70. The van der Waals surface area contributed by atoms with Crippen LogP contribution in [0.5, 0.6) is 0 Å². The molecule has 112 valence electrons. The Hall–Kier alpha value is -0.570. The lowest BCUT2D eigenvalue weighted by molar-refractivity contribution is 0.119. The maximum absolute atomic E-state index is 10.2. The minimum atomic E-state index is -0.391. The lowest BCUT2D eigenvalue weighted by Gasteiger charge is -2.34. The van der Waals surface area contributed by atoms with Crippen LogP contribution in [0.3, 0.4) is 0 Å². The van der Waals surface area contributed by atoms with Crippen LogP contribution < -0.4 is 0 Å². The maximum atomic E-state index is 10.2. The summed E-state index contributed by atoms with van der Waals surface area (Å²) in [7, 11) is 2.19. The Labute approximate surface area is 127 Å². The van der Waals surface area contributed by atoms with E-state index in [0.717, 1.165) is 29.5 Å². The lowest BCUT2D eigenvalue weighted by Crippen LogP contribution is -2.35. The van der Waals surface area contributed by atoms with Gasteiger partial charge >= 0.3 is 0 Å². The van der Waals surface area contributed by atoms with Gasteiger partial charge in [0.25, 0.3) is 0 Å². The van der Waals surface area contributed by atoms with E-state index in [1.54, 1.807) is 0 Å². The zero-order valence-electron chi connectivity index (χ0n) is 12.6. The lowest BCUT2D eigenvalue weighted by atomic mass is 9.86. The fraction of sp³-hybridized carbons (Fsp3) is 0.647. The Morgan fingerprint density at radius 3 is 2.40 bits per heavy atom. The Kier molecular flexibility index (Phi) is 5.88. The van der Waals surface area contributed by atoms with E-state index < -0.39 is 6.10 Å². The SMILES string of the molecule is CC1CCC(N(C)CCC(O)c2ccc(Cl)cc2)CC1. The van der Waals surface area contributed by atoms with Crippen LogP contribution in [0.25, 0.3) is 0 Å². The van der Waals surface area contributed by atoms with Crippen molar-refractivity contribution in [3.63, 3.8) is 0 Å². The van der Waals surface area contributed by atoms with Gasteiger partial charge in [0.2, 0.25) is 0 Å². The first-order chi connectivity index (χ1) is 9.56. The summed E-state index contributed by atoms with van der Waals surface area (Å²) in [5.74, 6) is 0.888. The zero-order valence-corrected chi connectivity index (χ0v) is 13.3. The topological polar surface area (TPSA) is 23.5 Å². The van der Waals surface area contributed by atoms with Crippen LogP contribution in [-0.4, -0.2) is 29.6 Å². The van der Waals surface area contributed by atoms with E-state index in [2.05, 4.69) is 18.9 Å². The van der Waals surface area contributed by atoms with E-state index in [0.29, 0.717) is 6.04 Å². The third-order valence-electron chi connectivity index (χ3n) is 4.62. The molecule has 0 amide bonds. The molecular weight excluding hydrogens is 270 g/mol. The molecule has 2 rings (SSSR count). The highest BCUT2D eigenvalue weighted by Crippen LogP contribution is 2.27. The van der Waals surface area contributed by atoms with Gasteiger partial charge in [-0.3, -0.25) is 0 Å². The molecule has 0 saturated heterocycles. The molecule has 0 radical (unpaired) electrons. The van der Waals surface area contributed by atoms with Gasteiger partial charge in [-0.25, -0.2) is 0 Å². The second-order valence-corrected chi connectivity index (χ2v) is 6.69. The van der Waals surface area contributed by atoms with Gasteiger partial charge in [0.1, 0.15) is 0 Å². The molecule has 1 aliphatic carbocycles. The second kappa shape index (κ2) is 7.44. The number of benzene rings is 1. The minimum absolute atomic E-state index is 0.391. The predicted octanol–water partition coefficient (Wildman–Crippen LogP) is 4.27. The van der Waals surface area contributed by atoms with Crippen LogP contribution >= 0.6 is 11.6 Å². The van der Waals surface area contributed by atoms with E-state index >= 15 is 0 Å². The summed E-state index contributed by atoms with van der Waals surface area (Å²) in [5, 5.41) is 10.9. The highest BCUT2D eigenvalue weighted by atomic mass is 35.5. The average molecular weight is 296 g/mol. The molecule has 1 fully saturated rings. The predicted molar refractivity (Wildman–Crippen MR) is 85.1 cm³/mol. The largest absolute Gasteiger partial charge is 0.388 e. The first-order valence-corrected chi connectivity index (χ1v) is 8.08. The number of nitrogens with zero attached hydrogens (tertiary/aromatic N) is 1. The molecule has 2 nitrogen and oxygen atoms in total. The third-order valence-corrected chi connectivity index (χ3v) is 4.87. The molecule has 1 aliphatic rings. The van der Waals surface area contributed by atoms with Crippen molar-refractivity contribution in [3.05, 3.63) is 34.9 Å². The molecule has 0 bridgehead atoms. The Morgan fingerprint density at radius 1 is 1.20 bits per heavy atom. The highest BCUT2D eigenvalue weighted by Gasteiger charge is 2.22. The summed E-state index contributed by atoms with van der Waals surface area (Å²) in [6, 6.07) is 8.20. The standard InChI is InChI=1S/C17H26ClNO/c1-13-3-9-16(10-4-13)19(2)12-11-17(20)14-5-7-15(18)8-6-14/h5-8,13,16-17,20H,3-4,9-12H2,1-2H3. The van der Waals surface area contributed by atoms with Crippen molar-refractivity contribution in [1.29, 1.82) is 0 Å². The van der Waals surface area contributed by atoms with Crippen molar-refractivity contribution in [2.75, 3.05) is 13.6 Å². The van der Waals surface area contributed by atoms with Gasteiger partial charge in [0, 0.05) is 17.6 Å². The Balaban J connectivity index is 1.77. The van der Waals surface area contributed by atoms with Gasteiger partial charge in [-0.05, 0) is 62.8 Å². The molecule has 1 N–H and O–H groups in total. The van der Waals surface area contributed by atoms with E-state index in [4.69, 9.17) is 11.6 Å². The van der Waals surface area contributed by atoms with Crippen molar-refractivity contribution in [3.8, 4) is 0 Å². The van der Waals surface area contributed by atoms with Crippen LogP contribution in [0.1, 0.15) is 50.7 Å². The van der Waals surface area contributed by atoms with Crippen LogP contribution in [-0.2, 0) is 0 Å². The van der Waals surface area contributed by atoms with Gasteiger partial charge in [-0.2, -0.15) is 0 Å². The molecule has 20 heavy (non-hydrogen) atoms. The van der Waals surface area contributed by atoms with Crippen molar-refractivity contribution >= 4 is 11.6 Å². The summed E-state index contributed by atoms with van der Waals surface area (Å²) < 4.78 is 0. The molecule has 3 heteroatoms. The van der Waals surface area contributed by atoms with Crippen LogP contribution in [0.4, 0.5) is 0 Å². The number of hydrogen-bond donors (Lipinski definition) is 1. The van der Waals surface area contributed by atoms with Crippen LogP contribution in [0, 0.1) is 5.92 Å². The Morgan fingerprint density at radius 2 is 1.80 bits per heavy atom. The number of aliphatic hydroxyl groups excluding tert-OH is 1. The van der Waals surface area contributed by atoms with E-state index in [1.807, 2.05) is 24.3 Å². The number of rotatable bonds is 5. The molecule has 1 aromatic rings. The molecule has 0 aromatic heterocycles. The molecule has 1 aromatic carbocycles. The molecule has 1 unspecified atom stereocenters. The van der Waals surface area contributed by atoms with Crippen LogP contribution in [0.15, 0.2) is 24.3 Å². The fourth-order valence-corrected chi connectivity index (χ4v) is 3.17. The van der Waals surface area contributed by atoms with Gasteiger partial charge < -0.3 is 10.0 Å². The van der Waals surface area contributed by atoms with Crippen molar-refractivity contribution < 1.29 is 5.11 Å². The molecule has 1 saturated carbocycles. The van der Waals surface area contributed by atoms with Crippen LogP contribution in [0.2, 0.25) is 5.02 Å². The van der Waals surface area contributed by atoms with E-state index in [9.17, 15) is 5.11 Å². The third kappa shape index (κ3) is 4.47. The fourth-order valence-electron chi connectivity index (χ4n) is 3.04. The van der Waals surface area contributed by atoms with Crippen molar-refractivity contribution in [1.82, 2.24) is 4.90 Å². The van der Waals surface area contributed by atoms with Crippen molar-refractivity contribution in [2.45, 2.75) is 51.2 Å². The number of hydrogen-bond acceptors (Lipinski definition) is 2. The zero-order chi connectivity index (χ0) is 14.5. The quantitative estimate of drug-likeness (QED) is 0.877. The smallest absolute Gasteiger partial charge is 0.0802 e. The monoisotopic (exact) mass is 295 g/mol. The maximum Gasteiger partial charge on any atom is 0.0802 e. The summed E-state index contributed by atoms with van der Waals surface area (Å²) in [5.41, 5.74) is 0.958. The number of aliphatic hydroxyl groups is 1. The van der Waals surface area contributed by atoms with E-state index in [-0.39, 0.29) is 0 Å². The molecule has 0 spiro atoms. The van der Waals surface area contributed by atoms with E-state index in [1.165, 1.54) is 25.7 Å². The number of halogens is 1. The summed E-state index contributed by atoms with van der Waals surface area (Å²) >= 11 is 5.87. The summed E-state index contributed by atoms with van der Waals surface area (Å²) in [6.07, 6.45) is 5.68. The van der Waals surface area contributed by atoms with Gasteiger partial charge in [0.15, 0.2) is 0 Å². The van der Waals surface area contributed by atoms with Gasteiger partial charge in [0.05, 0.1) is 6.10 Å². The Bertz CT molecular complexity index is 398. The normalized spacial score (nSPS) is 24.9. The average Bonchev–Trinajstić information content (AvgIpc) is 2.46. The van der Waals surface area contributed by atoms with Gasteiger partial charge in [-0.1, -0.05) is 30.7 Å².